The summed E-state index contributed by atoms with van der Waals surface area (Å²) in [7, 11) is 7.39. The highest BCUT2D eigenvalue weighted by atomic mass is 16.2. The number of imidazole rings is 4. The number of fused-ring (bicyclic) bond motifs is 16. The molecule has 716 valence electrons. The molecule has 8 aliphatic heterocycles. The number of carbonyl (C=O) groups is 4. The molecule has 0 N–H and O–H groups in total. The number of carbonyl (C=O) groups excluding carboxylic acids is 4. The van der Waals surface area contributed by atoms with E-state index < -0.39 is 0 Å². The first-order valence-corrected chi connectivity index (χ1v) is 49.1. The van der Waals surface area contributed by atoms with E-state index in [9.17, 15) is 19.2 Å². The van der Waals surface area contributed by atoms with Crippen molar-refractivity contribution >= 4 is 70.7 Å². The predicted octanol–water partition coefficient (Wildman–Crippen LogP) is 20.8. The van der Waals surface area contributed by atoms with E-state index in [4.69, 9.17) is 39.9 Å². The maximum Gasteiger partial charge on any atom is 0.280 e. The van der Waals surface area contributed by atoms with E-state index in [0.717, 1.165) is 157 Å². The van der Waals surface area contributed by atoms with Crippen LogP contribution in [0, 0.1) is 0 Å². The van der Waals surface area contributed by atoms with Crippen LogP contribution in [0.4, 0.5) is 23.3 Å². The lowest BCUT2D eigenvalue weighted by Gasteiger charge is -2.34. The molecule has 4 saturated carbocycles. The molecule has 0 saturated heterocycles. The SMILES string of the molecule is C.C.C.CN1C(=O)c2c(nc(Cc3ccc(-c4ccccc4)cc3)n2Cc2ccccc2)N2C1=N[C@@H]1CCC[C@@H]12.CN1C(=O)c2c(nc(Cc3ccc(-c4ccccc4)cc3)n2Cc2ccccc2)N2CC3(CCCC3)N=C12.CN1C(=O)c2c(nc(Cc3ccccc3)n2Cc2ccccc2)N2C1=N[C@@H]1CCC[C@@H]12.CN1C(=O)c2c(nc(Cc3ccccc3)n2Cc2ccccc2)N2CC3(CCCC3)N=C12. The summed E-state index contributed by atoms with van der Waals surface area (Å²) in [4.78, 5) is 111. The number of benzene rings is 10. The Balaban J connectivity index is 0.000000115. The summed E-state index contributed by atoms with van der Waals surface area (Å²) in [6.45, 7) is 4.08. The van der Waals surface area contributed by atoms with Gasteiger partial charge < -0.3 is 18.3 Å². The zero-order valence-electron chi connectivity index (χ0n) is 78.6. The summed E-state index contributed by atoms with van der Waals surface area (Å²) in [6, 6.07) is 101. The Bertz CT molecular complexity index is 7050. The third-order valence-electron chi connectivity index (χ3n) is 30.0. The quantitative estimate of drug-likeness (QED) is 0.0784. The minimum Gasteiger partial charge on any atom is -0.317 e. The molecule has 26 rings (SSSR count). The van der Waals surface area contributed by atoms with Gasteiger partial charge in [0.1, 0.15) is 23.3 Å². The van der Waals surface area contributed by atoms with Crippen molar-refractivity contribution in [2.45, 2.75) is 199 Å². The highest BCUT2D eigenvalue weighted by Crippen LogP contribution is 2.48. The van der Waals surface area contributed by atoms with Gasteiger partial charge in [0.25, 0.3) is 23.6 Å². The molecule has 14 aromatic rings. The molecule has 24 nitrogen and oxygen atoms in total. The van der Waals surface area contributed by atoms with Crippen LogP contribution >= 0.6 is 0 Å². The Labute approximate surface area is 826 Å². The van der Waals surface area contributed by atoms with Gasteiger partial charge in [0.2, 0.25) is 23.8 Å². The number of hydrogen-bond acceptors (Lipinski definition) is 16. The molecule has 4 aromatic heterocycles. The van der Waals surface area contributed by atoms with Crippen LogP contribution in [-0.4, -0.2) is 182 Å². The van der Waals surface area contributed by atoms with Crippen molar-refractivity contribution in [3.8, 4) is 22.3 Å². The molecule has 0 bridgehead atoms. The Kier molecular flexibility index (Phi) is 26.0. The highest BCUT2D eigenvalue weighted by Gasteiger charge is 2.54. The first kappa shape index (κ1) is 93.4. The normalized spacial score (nSPS) is 19.0. The lowest BCUT2D eigenvalue weighted by atomic mass is 9.99. The predicted molar refractivity (Wildman–Crippen MR) is 562 cm³/mol. The van der Waals surface area contributed by atoms with Gasteiger partial charge in [-0.1, -0.05) is 339 Å². The van der Waals surface area contributed by atoms with Gasteiger partial charge in [-0.25, -0.2) is 39.9 Å². The fourth-order valence-electron chi connectivity index (χ4n) is 22.9. The smallest absolute Gasteiger partial charge is 0.280 e. The summed E-state index contributed by atoms with van der Waals surface area (Å²) >= 11 is 0. The van der Waals surface area contributed by atoms with Crippen molar-refractivity contribution in [1.29, 1.82) is 0 Å². The van der Waals surface area contributed by atoms with Crippen LogP contribution in [0.1, 0.15) is 222 Å². The average molecular weight is 1870 g/mol. The van der Waals surface area contributed by atoms with Crippen LogP contribution in [0.15, 0.2) is 311 Å². The van der Waals surface area contributed by atoms with E-state index in [-0.39, 0.29) is 69.1 Å². The summed E-state index contributed by atoms with van der Waals surface area (Å²) in [5.74, 6) is 9.71. The van der Waals surface area contributed by atoms with Gasteiger partial charge in [-0.3, -0.25) is 58.4 Å². The minimum absolute atomic E-state index is 0. The molecule has 4 atom stereocenters. The molecule has 24 heteroatoms. The molecule has 2 spiro atoms. The first-order chi connectivity index (χ1) is 67.6. The summed E-state index contributed by atoms with van der Waals surface area (Å²) in [6.07, 6.45) is 18.5. The number of nitrogens with zero attached hydrogens (tertiary/aromatic N) is 20. The largest absolute Gasteiger partial charge is 0.317 e. The van der Waals surface area contributed by atoms with E-state index in [1.807, 2.05) is 150 Å². The van der Waals surface area contributed by atoms with Crippen molar-refractivity contribution in [3.63, 3.8) is 0 Å². The molecule has 4 fully saturated rings. The van der Waals surface area contributed by atoms with Crippen LogP contribution in [0.2, 0.25) is 0 Å². The van der Waals surface area contributed by atoms with E-state index in [2.05, 4.69) is 208 Å². The van der Waals surface area contributed by atoms with Crippen LogP contribution in [0.5, 0.6) is 0 Å². The summed E-state index contributed by atoms with van der Waals surface area (Å²) in [5, 5.41) is 0. The molecule has 10 aromatic carbocycles. The zero-order chi connectivity index (χ0) is 93.3. The van der Waals surface area contributed by atoms with Crippen LogP contribution in [0.3, 0.4) is 0 Å². The second-order valence-corrected chi connectivity index (χ2v) is 38.9. The number of rotatable bonds is 18. The van der Waals surface area contributed by atoms with Gasteiger partial charge in [-0.15, -0.1) is 0 Å². The maximum atomic E-state index is 13.8. The van der Waals surface area contributed by atoms with Crippen LogP contribution < -0.4 is 19.6 Å². The third kappa shape index (κ3) is 17.6. The number of guanidine groups is 4. The van der Waals surface area contributed by atoms with Crippen LogP contribution in [0.25, 0.3) is 22.3 Å². The average Bonchev–Trinajstić information content (AvgIpc) is 1.56. The molecule has 4 amide bonds. The van der Waals surface area contributed by atoms with E-state index in [1.165, 1.54) is 83.0 Å². The summed E-state index contributed by atoms with van der Waals surface area (Å²) in [5.41, 5.74) is 16.7. The Morgan fingerprint density at radius 2 is 0.511 bits per heavy atom. The Morgan fingerprint density at radius 3 is 0.801 bits per heavy atom. The molecule has 12 aliphatic rings. The van der Waals surface area contributed by atoms with Gasteiger partial charge in [-0.05, 0) is 131 Å². The van der Waals surface area contributed by atoms with Gasteiger partial charge in [0.05, 0.1) is 48.3 Å². The molecule has 12 heterocycles. The molecular formula is C117H124N20O4. The molecule has 0 radical (unpaired) electrons. The molecule has 141 heavy (non-hydrogen) atoms. The minimum atomic E-state index is -0.0812. The monoisotopic (exact) mass is 1870 g/mol. The third-order valence-corrected chi connectivity index (χ3v) is 30.0. The van der Waals surface area contributed by atoms with Crippen molar-refractivity contribution < 1.29 is 19.2 Å². The van der Waals surface area contributed by atoms with Crippen LogP contribution in [-0.2, 0) is 51.9 Å². The fourth-order valence-corrected chi connectivity index (χ4v) is 22.9. The summed E-state index contributed by atoms with van der Waals surface area (Å²) < 4.78 is 8.50. The lowest BCUT2D eigenvalue weighted by molar-refractivity contribution is 0.0846. The number of aliphatic imine (C=N–C) groups is 4. The second-order valence-electron chi connectivity index (χ2n) is 38.9. The molecular weight excluding hydrogens is 1750 g/mol. The van der Waals surface area contributed by atoms with Gasteiger partial charge in [0.15, 0.2) is 46.0 Å². The van der Waals surface area contributed by atoms with Gasteiger partial charge in [0, 0.05) is 80.1 Å². The van der Waals surface area contributed by atoms with Crippen molar-refractivity contribution in [2.24, 2.45) is 20.0 Å². The van der Waals surface area contributed by atoms with Crippen molar-refractivity contribution in [2.75, 3.05) is 60.9 Å². The number of anilines is 4. The zero-order valence-corrected chi connectivity index (χ0v) is 78.6. The Hall–Kier alpha value is -15.2. The van der Waals surface area contributed by atoms with E-state index in [0.29, 0.717) is 86.7 Å². The lowest BCUT2D eigenvalue weighted by Crippen LogP contribution is -2.51. The van der Waals surface area contributed by atoms with E-state index in [1.54, 1.807) is 19.6 Å². The number of aromatic nitrogens is 8. The number of hydrogen-bond donors (Lipinski definition) is 0. The second kappa shape index (κ2) is 39.2. The Morgan fingerprint density at radius 1 is 0.270 bits per heavy atom. The van der Waals surface area contributed by atoms with Crippen molar-refractivity contribution in [3.05, 3.63) is 382 Å². The topological polar surface area (TPSA) is 215 Å². The van der Waals surface area contributed by atoms with Crippen molar-refractivity contribution in [1.82, 2.24) is 57.8 Å². The number of amides is 4. The maximum absolute atomic E-state index is 13.8. The van der Waals surface area contributed by atoms with Gasteiger partial charge in [-0.2, -0.15) is 0 Å². The van der Waals surface area contributed by atoms with E-state index >= 15 is 0 Å². The molecule has 0 unspecified atom stereocenters. The van der Waals surface area contributed by atoms with Gasteiger partial charge >= 0.3 is 0 Å². The molecule has 4 aliphatic carbocycles. The highest BCUT2D eigenvalue weighted by molar-refractivity contribution is 6.21. The standard InChI is InChI=1S/C32H31N5O.C31H29N5O.C26H27N5O.C25H25N5O.3CH4/c1-35-30(38)28-29(37-22-32(34-31(35)37)18-8-9-19-32)33-27(36(28)21-24-10-4-2-5-11-24)20-23-14-16-26(17-15-23)25-12-6-3-7-13-25;1-34-30(37)28-29(36-26-14-8-13-25(26)32-31(34)36)33-27(35(28)20-22-9-4-2-5-10-22)19-21-15-17-24(18-16-21)23-11-6-3-7-12-23;1-29-24(32)22-23(31-18-26(28-25(29)31)14-8-9-15-26)27-21(16-19-10-4-2-5-11-19)30(22)17-20-12-6-3-7-13-20;1-28-24(31)22-23(30-20-14-8-13-19(20)26-25(28)30)27-21(15-17-9-4-2-5-10-17)29(22)16-18-11-6-3-7-12-18;;;/h2-7,10-17H,8-9,18-22H2,1H3;2-7,9-12,15-18,25-26H,8,13-14,19-20H2,1H3;2-7,10-13H,8-9,14-18H2,1H3;2-7,9-12,19-20H,8,13-16H2,1H3;3*1H4/t;25-,26+;;19-,20+;;;/m.1.1.../s1. The first-order valence-electron chi connectivity index (χ1n) is 49.1. The fraction of sp³-hybridized carbons (Fsp3) is 0.316.